The lowest BCUT2D eigenvalue weighted by Gasteiger charge is -2.09. The molecule has 78 valence electrons. The van der Waals surface area contributed by atoms with Gasteiger partial charge in [-0.05, 0) is 11.6 Å². The Hall–Kier alpha value is -1.90. The van der Waals surface area contributed by atoms with Crippen LogP contribution in [0.15, 0.2) is 35.9 Å². The first-order valence-corrected chi connectivity index (χ1v) is 4.58. The van der Waals surface area contributed by atoms with Crippen molar-refractivity contribution in [2.75, 3.05) is 14.1 Å². The largest absolute Gasteiger partial charge is 0.345 e. The van der Waals surface area contributed by atoms with Crippen LogP contribution in [0, 0.1) is 0 Å². The van der Waals surface area contributed by atoms with E-state index in [9.17, 15) is 9.59 Å². The van der Waals surface area contributed by atoms with E-state index in [0.717, 1.165) is 5.56 Å². The number of carbonyl (C=O) groups is 2. The molecule has 1 aromatic carbocycles. The predicted octanol–water partition coefficient (Wildman–Crippen LogP) is 1.36. The Morgan fingerprint density at radius 2 is 1.80 bits per heavy atom. The lowest BCUT2D eigenvalue weighted by atomic mass is 10.1. The van der Waals surface area contributed by atoms with Crippen LogP contribution in [0.4, 0.5) is 0 Å². The summed E-state index contributed by atoms with van der Waals surface area (Å²) >= 11 is 0. The van der Waals surface area contributed by atoms with Gasteiger partial charge >= 0.3 is 0 Å². The Morgan fingerprint density at radius 1 is 1.20 bits per heavy atom. The summed E-state index contributed by atoms with van der Waals surface area (Å²) in [5.41, 5.74) is 1.00. The Kier molecular flexibility index (Phi) is 3.80. The molecule has 0 radical (unpaired) electrons. The van der Waals surface area contributed by atoms with Gasteiger partial charge in [0.1, 0.15) is 0 Å². The summed E-state index contributed by atoms with van der Waals surface area (Å²) in [4.78, 5) is 23.6. The highest BCUT2D eigenvalue weighted by molar-refractivity contribution is 6.14. The van der Waals surface area contributed by atoms with Crippen LogP contribution in [0.25, 0.3) is 6.08 Å². The van der Waals surface area contributed by atoms with E-state index < -0.39 is 0 Å². The topological polar surface area (TPSA) is 37.4 Å². The second kappa shape index (κ2) is 5.10. The van der Waals surface area contributed by atoms with Gasteiger partial charge in [-0.1, -0.05) is 30.3 Å². The molecule has 1 amide bonds. The molecule has 15 heavy (non-hydrogen) atoms. The first-order valence-electron chi connectivity index (χ1n) is 4.58. The minimum Gasteiger partial charge on any atom is -0.345 e. The number of benzene rings is 1. The van der Waals surface area contributed by atoms with Crippen LogP contribution >= 0.6 is 0 Å². The fraction of sp³-hybridized carbons (Fsp3) is 0.167. The molecule has 0 unspecified atom stereocenters. The number of likely N-dealkylation sites (N-methyl/N-ethyl adjacent to an activating group) is 1. The molecular formula is C12H13NO2. The lowest BCUT2D eigenvalue weighted by molar-refractivity contribution is -0.125. The van der Waals surface area contributed by atoms with E-state index in [1.165, 1.54) is 4.90 Å². The number of amides is 1. The number of rotatable bonds is 3. The first kappa shape index (κ1) is 11.2. The van der Waals surface area contributed by atoms with Crippen molar-refractivity contribution in [2.24, 2.45) is 0 Å². The smallest absolute Gasteiger partial charge is 0.256 e. The molecule has 0 aromatic heterocycles. The van der Waals surface area contributed by atoms with Crippen molar-refractivity contribution in [3.8, 4) is 0 Å². The van der Waals surface area contributed by atoms with E-state index in [2.05, 4.69) is 0 Å². The van der Waals surface area contributed by atoms with E-state index in [1.807, 2.05) is 30.3 Å². The summed E-state index contributed by atoms with van der Waals surface area (Å²) in [6.45, 7) is 0. The van der Waals surface area contributed by atoms with Crippen molar-refractivity contribution in [3.05, 3.63) is 41.5 Å². The fourth-order valence-electron chi connectivity index (χ4n) is 1.13. The molecule has 0 aliphatic carbocycles. The van der Waals surface area contributed by atoms with Crippen molar-refractivity contribution in [3.63, 3.8) is 0 Å². The van der Waals surface area contributed by atoms with Crippen molar-refractivity contribution in [1.29, 1.82) is 0 Å². The van der Waals surface area contributed by atoms with Crippen LogP contribution < -0.4 is 0 Å². The maximum Gasteiger partial charge on any atom is 0.256 e. The third kappa shape index (κ3) is 3.06. The molecule has 0 aliphatic rings. The maximum absolute atomic E-state index is 11.5. The minimum absolute atomic E-state index is 0.159. The predicted molar refractivity (Wildman–Crippen MR) is 59.2 cm³/mol. The molecule has 3 heteroatoms. The SMILES string of the molecule is CN(C)C(=O)C(C=O)=Cc1ccccc1. The standard InChI is InChI=1S/C12H13NO2/c1-13(2)12(15)11(9-14)8-10-6-4-3-5-7-10/h3-9H,1-2H3. The summed E-state index contributed by atoms with van der Waals surface area (Å²) in [5.74, 6) is -0.283. The van der Waals surface area contributed by atoms with E-state index in [1.54, 1.807) is 20.2 Å². The highest BCUT2D eigenvalue weighted by Gasteiger charge is 2.09. The molecule has 0 heterocycles. The highest BCUT2D eigenvalue weighted by Crippen LogP contribution is 2.06. The molecule has 0 aliphatic heterocycles. The zero-order valence-electron chi connectivity index (χ0n) is 8.81. The number of hydrogen-bond donors (Lipinski definition) is 0. The van der Waals surface area contributed by atoms with E-state index >= 15 is 0 Å². The van der Waals surface area contributed by atoms with Gasteiger partial charge in [-0.15, -0.1) is 0 Å². The van der Waals surface area contributed by atoms with Gasteiger partial charge in [0.05, 0.1) is 5.57 Å². The molecule has 0 spiro atoms. The van der Waals surface area contributed by atoms with Crippen LogP contribution in [0.2, 0.25) is 0 Å². The Morgan fingerprint density at radius 3 is 2.27 bits per heavy atom. The lowest BCUT2D eigenvalue weighted by Crippen LogP contribution is -2.23. The number of aldehydes is 1. The number of nitrogens with zero attached hydrogens (tertiary/aromatic N) is 1. The van der Waals surface area contributed by atoms with Gasteiger partial charge in [0.25, 0.3) is 5.91 Å². The van der Waals surface area contributed by atoms with Crippen LogP contribution in [0.5, 0.6) is 0 Å². The van der Waals surface area contributed by atoms with E-state index in [4.69, 9.17) is 0 Å². The molecule has 0 fully saturated rings. The van der Waals surface area contributed by atoms with Crippen LogP contribution in [0.3, 0.4) is 0 Å². The van der Waals surface area contributed by atoms with Crippen LogP contribution in [0.1, 0.15) is 5.56 Å². The summed E-state index contributed by atoms with van der Waals surface area (Å²) in [7, 11) is 3.23. The normalized spacial score (nSPS) is 10.9. The quantitative estimate of drug-likeness (QED) is 0.322. The Balaban J connectivity index is 2.98. The first-order chi connectivity index (χ1) is 7.15. The van der Waals surface area contributed by atoms with Gasteiger partial charge in [0.2, 0.25) is 0 Å². The number of carbonyl (C=O) groups excluding carboxylic acids is 2. The molecule has 1 rings (SSSR count). The molecule has 0 saturated carbocycles. The molecular weight excluding hydrogens is 190 g/mol. The number of hydrogen-bond acceptors (Lipinski definition) is 2. The van der Waals surface area contributed by atoms with Gasteiger partial charge in [-0.3, -0.25) is 9.59 Å². The van der Waals surface area contributed by atoms with Crippen LogP contribution in [-0.2, 0) is 9.59 Å². The molecule has 1 aromatic rings. The Bertz CT molecular complexity index is 380. The third-order valence-electron chi connectivity index (χ3n) is 1.90. The molecule has 0 atom stereocenters. The van der Waals surface area contributed by atoms with Crippen molar-refractivity contribution >= 4 is 18.3 Å². The summed E-state index contributed by atoms with van der Waals surface area (Å²) in [6, 6.07) is 9.27. The monoisotopic (exact) mass is 203 g/mol. The zero-order valence-corrected chi connectivity index (χ0v) is 8.81. The summed E-state index contributed by atoms with van der Waals surface area (Å²) < 4.78 is 0. The minimum atomic E-state index is -0.283. The van der Waals surface area contributed by atoms with Gasteiger partial charge in [0, 0.05) is 14.1 Å². The van der Waals surface area contributed by atoms with Crippen molar-refractivity contribution in [1.82, 2.24) is 4.90 Å². The third-order valence-corrected chi connectivity index (χ3v) is 1.90. The van der Waals surface area contributed by atoms with Crippen LogP contribution in [-0.4, -0.2) is 31.2 Å². The molecule has 0 N–H and O–H groups in total. The van der Waals surface area contributed by atoms with Gasteiger partial charge in [-0.25, -0.2) is 0 Å². The summed E-state index contributed by atoms with van der Waals surface area (Å²) in [5, 5.41) is 0. The zero-order chi connectivity index (χ0) is 11.3. The molecule has 0 bridgehead atoms. The molecule has 3 nitrogen and oxygen atoms in total. The average Bonchev–Trinajstić information content (AvgIpc) is 2.26. The maximum atomic E-state index is 11.5. The second-order valence-corrected chi connectivity index (χ2v) is 3.33. The van der Waals surface area contributed by atoms with E-state index in [-0.39, 0.29) is 11.5 Å². The van der Waals surface area contributed by atoms with Gasteiger partial charge < -0.3 is 4.90 Å². The van der Waals surface area contributed by atoms with Gasteiger partial charge in [0.15, 0.2) is 6.29 Å². The summed E-state index contributed by atoms with van der Waals surface area (Å²) in [6.07, 6.45) is 2.16. The van der Waals surface area contributed by atoms with Crippen molar-refractivity contribution < 1.29 is 9.59 Å². The average molecular weight is 203 g/mol. The fourth-order valence-corrected chi connectivity index (χ4v) is 1.13. The second-order valence-electron chi connectivity index (χ2n) is 3.33. The highest BCUT2D eigenvalue weighted by atomic mass is 16.2. The molecule has 0 saturated heterocycles. The van der Waals surface area contributed by atoms with Crippen molar-refractivity contribution in [2.45, 2.75) is 0 Å². The van der Waals surface area contributed by atoms with E-state index in [0.29, 0.717) is 6.29 Å². The van der Waals surface area contributed by atoms with Gasteiger partial charge in [-0.2, -0.15) is 0 Å². The Labute approximate surface area is 89.0 Å².